The van der Waals surface area contributed by atoms with Crippen LogP contribution in [0.4, 0.5) is 26.5 Å². The van der Waals surface area contributed by atoms with Crippen molar-refractivity contribution in [2.75, 3.05) is 23.9 Å². The summed E-state index contributed by atoms with van der Waals surface area (Å²) in [4.78, 5) is 36.0. The van der Waals surface area contributed by atoms with Crippen LogP contribution < -0.4 is 10.2 Å². The number of hydrogen-bond donors (Lipinski definition) is 1. The molecule has 1 aromatic carbocycles. The third kappa shape index (κ3) is 5.88. The number of carbonyl (C=O) groups is 2. The molecule has 3 aromatic heterocycles. The number of anilines is 3. The van der Waals surface area contributed by atoms with Gasteiger partial charge in [0.25, 0.3) is 0 Å². The van der Waals surface area contributed by atoms with Crippen LogP contribution in [0.5, 0.6) is 0 Å². The van der Waals surface area contributed by atoms with Crippen LogP contribution in [0, 0.1) is 5.82 Å². The predicted molar refractivity (Wildman–Crippen MR) is 144 cm³/mol. The second kappa shape index (κ2) is 10.4. The Kier molecular flexibility index (Phi) is 7.00. The first-order valence-corrected chi connectivity index (χ1v) is 12.6. The molecule has 39 heavy (non-hydrogen) atoms. The maximum atomic E-state index is 15.6. The number of nitrogens with zero attached hydrogens (tertiary/aromatic N) is 5. The number of benzene rings is 1. The zero-order chi connectivity index (χ0) is 27.7. The summed E-state index contributed by atoms with van der Waals surface area (Å²) in [6.07, 6.45) is 4.31. The van der Waals surface area contributed by atoms with Gasteiger partial charge in [-0.25, -0.2) is 14.2 Å². The molecular formula is C28H29FN6O4. The van der Waals surface area contributed by atoms with Crippen molar-refractivity contribution in [3.8, 4) is 11.3 Å². The Labute approximate surface area is 224 Å². The van der Waals surface area contributed by atoms with Crippen LogP contribution in [0.1, 0.15) is 44.0 Å². The van der Waals surface area contributed by atoms with E-state index in [0.717, 1.165) is 12.8 Å². The van der Waals surface area contributed by atoms with E-state index in [4.69, 9.17) is 9.47 Å². The molecule has 1 amide bonds. The summed E-state index contributed by atoms with van der Waals surface area (Å²) in [7, 11) is 1.52. The summed E-state index contributed by atoms with van der Waals surface area (Å²) >= 11 is 0. The van der Waals surface area contributed by atoms with Crippen molar-refractivity contribution >= 4 is 34.8 Å². The summed E-state index contributed by atoms with van der Waals surface area (Å²) < 4.78 is 28.0. The second-order valence-corrected chi connectivity index (χ2v) is 10.3. The number of Topliss-reactive ketones (excluding diaryl/α,β-unsaturated/α-hetero) is 1. The lowest BCUT2D eigenvalue weighted by atomic mass is 10.1. The second-order valence-electron chi connectivity index (χ2n) is 10.3. The maximum Gasteiger partial charge on any atom is 0.415 e. The highest BCUT2D eigenvalue weighted by atomic mass is 19.1. The van der Waals surface area contributed by atoms with E-state index in [0.29, 0.717) is 11.3 Å². The fraction of sp³-hybridized carbons (Fsp3) is 0.321. The van der Waals surface area contributed by atoms with Gasteiger partial charge < -0.3 is 14.8 Å². The van der Waals surface area contributed by atoms with Crippen molar-refractivity contribution in [2.45, 2.75) is 45.3 Å². The minimum atomic E-state index is -0.737. The standard InChI is InChI=1S/C28H29FN6O4/c1-28(2,3)39-27(37)34(4)24-14-23(32-21-10-7-8-18(25(21)29)20-9-5-6-13-30-20)33-26-19(15-31-35(24)26)22(36)16-38-17-11-12-17/h5-10,13-15,17H,11-12,16H2,1-4H3,(H,32,33). The Morgan fingerprint density at radius 3 is 2.67 bits per heavy atom. The normalized spacial score (nSPS) is 13.4. The van der Waals surface area contributed by atoms with Gasteiger partial charge in [0.1, 0.15) is 23.8 Å². The van der Waals surface area contributed by atoms with Gasteiger partial charge in [0.2, 0.25) is 0 Å². The largest absolute Gasteiger partial charge is 0.443 e. The number of fused-ring (bicyclic) bond motifs is 1. The van der Waals surface area contributed by atoms with Gasteiger partial charge in [0, 0.05) is 24.9 Å². The molecule has 4 aromatic rings. The van der Waals surface area contributed by atoms with Crippen molar-refractivity contribution < 1.29 is 23.5 Å². The summed E-state index contributed by atoms with van der Waals surface area (Å²) in [6.45, 7) is 5.17. The van der Waals surface area contributed by atoms with E-state index in [1.54, 1.807) is 63.4 Å². The van der Waals surface area contributed by atoms with Crippen LogP contribution >= 0.6 is 0 Å². The van der Waals surface area contributed by atoms with E-state index in [2.05, 4.69) is 20.4 Å². The molecule has 0 radical (unpaired) electrons. The third-order valence-electron chi connectivity index (χ3n) is 5.94. The van der Waals surface area contributed by atoms with Crippen LogP contribution in [0.3, 0.4) is 0 Å². The summed E-state index contributed by atoms with van der Waals surface area (Å²) in [5, 5.41) is 7.32. The van der Waals surface area contributed by atoms with Crippen LogP contribution in [0.15, 0.2) is 54.9 Å². The molecule has 5 rings (SSSR count). The molecule has 0 atom stereocenters. The first-order chi connectivity index (χ1) is 18.6. The van der Waals surface area contributed by atoms with E-state index < -0.39 is 17.5 Å². The fourth-order valence-corrected chi connectivity index (χ4v) is 3.86. The van der Waals surface area contributed by atoms with Crippen LogP contribution in [0.25, 0.3) is 16.9 Å². The molecule has 1 fully saturated rings. The number of nitrogens with one attached hydrogen (secondary N) is 1. The number of aromatic nitrogens is 4. The highest BCUT2D eigenvalue weighted by Crippen LogP contribution is 2.30. The Morgan fingerprint density at radius 2 is 1.97 bits per heavy atom. The molecule has 3 heterocycles. The predicted octanol–water partition coefficient (Wildman–Crippen LogP) is 5.41. The molecule has 0 aliphatic heterocycles. The van der Waals surface area contributed by atoms with E-state index in [9.17, 15) is 9.59 Å². The van der Waals surface area contributed by atoms with Crippen LogP contribution in [0.2, 0.25) is 0 Å². The SMILES string of the molecule is CN(C(=O)OC(C)(C)C)c1cc(Nc2cccc(-c3ccccn3)c2F)nc2c(C(=O)COC3CC3)cnn12. The van der Waals surface area contributed by atoms with Gasteiger partial charge in [-0.05, 0) is 57.9 Å². The monoisotopic (exact) mass is 532 g/mol. The van der Waals surface area contributed by atoms with Gasteiger partial charge in [0.05, 0.1) is 29.2 Å². The lowest BCUT2D eigenvalue weighted by molar-refractivity contribution is 0.0587. The van der Waals surface area contributed by atoms with Crippen LogP contribution in [-0.2, 0) is 9.47 Å². The van der Waals surface area contributed by atoms with Gasteiger partial charge in [-0.15, -0.1) is 0 Å². The molecule has 0 spiro atoms. The number of amides is 1. The minimum absolute atomic E-state index is 0.101. The van der Waals surface area contributed by atoms with Gasteiger partial charge in [-0.2, -0.15) is 9.61 Å². The van der Waals surface area contributed by atoms with E-state index in [-0.39, 0.29) is 47.0 Å². The zero-order valence-corrected chi connectivity index (χ0v) is 22.1. The average Bonchev–Trinajstić information content (AvgIpc) is 3.64. The lowest BCUT2D eigenvalue weighted by Gasteiger charge is -2.25. The van der Waals surface area contributed by atoms with Gasteiger partial charge in [-0.3, -0.25) is 14.7 Å². The number of hydrogen-bond acceptors (Lipinski definition) is 8. The zero-order valence-electron chi connectivity index (χ0n) is 22.1. The Morgan fingerprint density at radius 1 is 1.18 bits per heavy atom. The molecule has 0 bridgehead atoms. The quantitative estimate of drug-likeness (QED) is 0.300. The molecule has 10 nitrogen and oxygen atoms in total. The summed E-state index contributed by atoms with van der Waals surface area (Å²) in [5.74, 6) is -0.360. The molecule has 1 N–H and O–H groups in total. The van der Waals surface area contributed by atoms with Crippen molar-refractivity contribution in [1.82, 2.24) is 19.6 Å². The fourth-order valence-electron chi connectivity index (χ4n) is 3.86. The summed E-state index contributed by atoms with van der Waals surface area (Å²) in [6, 6.07) is 11.7. The maximum absolute atomic E-state index is 15.6. The molecular weight excluding hydrogens is 503 g/mol. The summed E-state index contributed by atoms with van der Waals surface area (Å²) in [5.41, 5.74) is 0.609. The van der Waals surface area contributed by atoms with E-state index in [1.807, 2.05) is 0 Å². The number of ether oxygens (including phenoxy) is 2. The number of halogens is 1. The minimum Gasteiger partial charge on any atom is -0.443 e. The molecule has 1 aliphatic carbocycles. The first-order valence-electron chi connectivity index (χ1n) is 12.6. The van der Waals surface area contributed by atoms with Crippen LogP contribution in [-0.4, -0.2) is 56.8 Å². The molecule has 11 heteroatoms. The highest BCUT2D eigenvalue weighted by Gasteiger charge is 2.27. The van der Waals surface area contributed by atoms with Crippen molar-refractivity contribution in [3.63, 3.8) is 0 Å². The Bertz CT molecular complexity index is 1530. The van der Waals surface area contributed by atoms with Crippen molar-refractivity contribution in [3.05, 3.63) is 66.2 Å². The first kappa shape index (κ1) is 26.2. The smallest absolute Gasteiger partial charge is 0.415 e. The van der Waals surface area contributed by atoms with E-state index >= 15 is 4.39 Å². The molecule has 1 saturated carbocycles. The average molecular weight is 533 g/mol. The number of ketones is 1. The Hall–Kier alpha value is -4.38. The molecule has 1 aliphatic rings. The highest BCUT2D eigenvalue weighted by molar-refractivity contribution is 6.02. The number of rotatable bonds is 8. The molecule has 0 saturated heterocycles. The van der Waals surface area contributed by atoms with Gasteiger partial charge in [0.15, 0.2) is 17.2 Å². The van der Waals surface area contributed by atoms with Gasteiger partial charge in [-0.1, -0.05) is 12.1 Å². The number of pyridine rings is 1. The molecule has 0 unspecified atom stereocenters. The van der Waals surface area contributed by atoms with Gasteiger partial charge >= 0.3 is 6.09 Å². The van der Waals surface area contributed by atoms with Crippen molar-refractivity contribution in [1.29, 1.82) is 0 Å². The Balaban J connectivity index is 1.55. The molecule has 202 valence electrons. The van der Waals surface area contributed by atoms with E-state index in [1.165, 1.54) is 28.7 Å². The lowest BCUT2D eigenvalue weighted by Crippen LogP contribution is -2.35. The topological polar surface area (TPSA) is 111 Å². The third-order valence-corrected chi connectivity index (χ3v) is 5.94. The van der Waals surface area contributed by atoms with Crippen molar-refractivity contribution in [2.24, 2.45) is 0 Å². The number of carbonyl (C=O) groups excluding carboxylic acids is 2.